The molecule has 0 saturated heterocycles. The molecule has 0 aliphatic heterocycles. The standard InChI is InChI=1S/C51H33N5S.CH4S/c1-4-16-32(17-5-1)49-52-50(33-18-6-2-7-19-33)54-51(53-49)42-29-35(28-41-38-24-12-15-27-47(38)57-48(41)42)56-44-26-14-11-23-37(44)40-30-39-36-22-10-13-25-43(36)55(45(39)31-46(40)56)34-20-8-3-9-21-34;1-2/h1,3-6,8-31H,2,7H2;2H,1H3. The lowest BCUT2D eigenvalue weighted by molar-refractivity contribution is 1.01. The molecular formula is C52H37N5S2. The van der Waals surface area contributed by atoms with Gasteiger partial charge in [-0.1, -0.05) is 121 Å². The average molecular weight is 796 g/mol. The van der Waals surface area contributed by atoms with E-state index in [-0.39, 0.29) is 0 Å². The number of hydrogen-bond acceptors (Lipinski definition) is 5. The van der Waals surface area contributed by atoms with Gasteiger partial charge in [-0.2, -0.15) is 12.6 Å². The summed E-state index contributed by atoms with van der Waals surface area (Å²) in [5.41, 5.74) is 9.86. The van der Waals surface area contributed by atoms with E-state index < -0.39 is 0 Å². The van der Waals surface area contributed by atoms with Gasteiger partial charge in [-0.3, -0.25) is 0 Å². The fraction of sp³-hybridized carbons (Fsp3) is 0.0577. The van der Waals surface area contributed by atoms with Crippen molar-refractivity contribution in [2.75, 3.05) is 6.26 Å². The molecule has 11 aromatic rings. The zero-order valence-corrected chi connectivity index (χ0v) is 34.0. The Balaban J connectivity index is 0.00000196. The summed E-state index contributed by atoms with van der Waals surface area (Å²) in [5.74, 6) is 2.04. The highest BCUT2D eigenvalue weighted by Crippen LogP contribution is 2.44. The molecule has 0 spiro atoms. The molecule has 0 saturated carbocycles. The number of allylic oxidation sites excluding steroid dienone is 4. The van der Waals surface area contributed by atoms with Crippen molar-refractivity contribution in [3.8, 4) is 34.2 Å². The Morgan fingerprint density at radius 3 is 1.76 bits per heavy atom. The quantitative estimate of drug-likeness (QED) is 0.177. The van der Waals surface area contributed by atoms with Gasteiger partial charge in [0.25, 0.3) is 0 Å². The second-order valence-corrected chi connectivity index (χ2v) is 15.8. The van der Waals surface area contributed by atoms with Crippen molar-refractivity contribution in [2.24, 2.45) is 0 Å². The average Bonchev–Trinajstić information content (AvgIpc) is 3.96. The van der Waals surface area contributed by atoms with Gasteiger partial charge in [-0.25, -0.2) is 15.0 Å². The predicted octanol–water partition coefficient (Wildman–Crippen LogP) is 14.0. The SMILES string of the molecule is C1=CC(c2nc(-c3ccccc3)nc(-c3cc(-n4c5ccccc5c5cc6c7ccccc7n(-c7ccccc7)c6cc54)cc4c3sc3ccccc34)n2)=CCC1.CS. The Labute approximate surface area is 350 Å². The van der Waals surface area contributed by atoms with E-state index in [4.69, 9.17) is 15.0 Å². The number of para-hydroxylation sites is 3. The minimum Gasteiger partial charge on any atom is -0.309 e. The molecule has 282 valence electrons. The van der Waals surface area contributed by atoms with E-state index >= 15 is 0 Å². The Morgan fingerprint density at radius 1 is 0.475 bits per heavy atom. The predicted molar refractivity (Wildman–Crippen MR) is 254 cm³/mol. The maximum absolute atomic E-state index is 5.28. The summed E-state index contributed by atoms with van der Waals surface area (Å²) in [4.78, 5) is 15.6. The maximum atomic E-state index is 5.28. The van der Waals surface area contributed by atoms with E-state index in [0.29, 0.717) is 17.5 Å². The summed E-state index contributed by atoms with van der Waals surface area (Å²) in [5, 5.41) is 7.33. The molecule has 12 rings (SSSR count). The molecular weight excluding hydrogens is 759 g/mol. The van der Waals surface area contributed by atoms with Crippen molar-refractivity contribution in [3.63, 3.8) is 0 Å². The first-order valence-electron chi connectivity index (χ1n) is 19.9. The Morgan fingerprint density at radius 2 is 1.07 bits per heavy atom. The van der Waals surface area contributed by atoms with Crippen molar-refractivity contribution < 1.29 is 0 Å². The highest BCUT2D eigenvalue weighted by Gasteiger charge is 2.22. The topological polar surface area (TPSA) is 48.5 Å². The number of hydrogen-bond donors (Lipinski definition) is 1. The number of thiophene rings is 1. The van der Waals surface area contributed by atoms with E-state index in [1.165, 1.54) is 48.1 Å². The maximum Gasteiger partial charge on any atom is 0.165 e. The van der Waals surface area contributed by atoms with Gasteiger partial charge in [-0.15, -0.1) is 11.3 Å². The summed E-state index contributed by atoms with van der Waals surface area (Å²) in [6, 6.07) is 56.7. The first kappa shape index (κ1) is 35.4. The van der Waals surface area contributed by atoms with Gasteiger partial charge in [0.1, 0.15) is 0 Å². The minimum atomic E-state index is 0.670. The Hall–Kier alpha value is -6.80. The first-order chi connectivity index (χ1) is 29.3. The van der Waals surface area contributed by atoms with Crippen LogP contribution in [0, 0.1) is 0 Å². The van der Waals surface area contributed by atoms with Gasteiger partial charge >= 0.3 is 0 Å². The molecule has 5 nitrogen and oxygen atoms in total. The molecule has 4 aromatic heterocycles. The van der Waals surface area contributed by atoms with E-state index in [2.05, 4.69) is 180 Å². The molecule has 0 N–H and O–H groups in total. The molecule has 7 heteroatoms. The second-order valence-electron chi connectivity index (χ2n) is 14.7. The molecule has 1 aliphatic carbocycles. The van der Waals surface area contributed by atoms with Crippen LogP contribution in [0.25, 0.3) is 104 Å². The van der Waals surface area contributed by atoms with Crippen molar-refractivity contribution >= 4 is 93.3 Å². The summed E-state index contributed by atoms with van der Waals surface area (Å²) in [6.07, 6.45) is 10.3. The number of benzene rings is 7. The molecule has 7 aromatic carbocycles. The molecule has 0 unspecified atom stereocenters. The van der Waals surface area contributed by atoms with Crippen molar-refractivity contribution in [2.45, 2.75) is 12.8 Å². The molecule has 0 radical (unpaired) electrons. The van der Waals surface area contributed by atoms with Gasteiger partial charge in [0.15, 0.2) is 17.5 Å². The third-order valence-corrected chi connectivity index (χ3v) is 12.6. The van der Waals surface area contributed by atoms with E-state index in [1.54, 1.807) is 17.6 Å². The highest BCUT2D eigenvalue weighted by molar-refractivity contribution is 7.79. The zero-order valence-electron chi connectivity index (χ0n) is 32.2. The van der Waals surface area contributed by atoms with Crippen LogP contribution in [-0.2, 0) is 0 Å². The molecule has 0 fully saturated rings. The molecule has 0 atom stereocenters. The number of aromatic nitrogens is 5. The van der Waals surface area contributed by atoms with Gasteiger partial charge in [0, 0.05) is 69.8 Å². The lowest BCUT2D eigenvalue weighted by Crippen LogP contribution is -2.04. The fourth-order valence-corrected chi connectivity index (χ4v) is 9.99. The van der Waals surface area contributed by atoms with Crippen molar-refractivity contribution in [3.05, 3.63) is 182 Å². The van der Waals surface area contributed by atoms with Crippen LogP contribution in [0.4, 0.5) is 0 Å². The Kier molecular flexibility index (Phi) is 8.72. The summed E-state index contributed by atoms with van der Waals surface area (Å²) < 4.78 is 7.24. The number of nitrogens with zero attached hydrogens (tertiary/aromatic N) is 5. The summed E-state index contributed by atoms with van der Waals surface area (Å²) >= 11 is 5.33. The van der Waals surface area contributed by atoms with Crippen molar-refractivity contribution in [1.82, 2.24) is 24.1 Å². The Bertz CT molecular complexity index is 3460. The van der Waals surface area contributed by atoms with Crippen LogP contribution in [0.2, 0.25) is 0 Å². The van der Waals surface area contributed by atoms with Crippen molar-refractivity contribution in [1.29, 1.82) is 0 Å². The van der Waals surface area contributed by atoms with Crippen LogP contribution in [0.1, 0.15) is 18.7 Å². The molecule has 4 heterocycles. The lowest BCUT2D eigenvalue weighted by atomic mass is 10.1. The molecule has 0 bridgehead atoms. The third kappa shape index (κ3) is 5.80. The summed E-state index contributed by atoms with van der Waals surface area (Å²) in [6.45, 7) is 0. The van der Waals surface area contributed by atoms with E-state index in [1.807, 2.05) is 18.2 Å². The van der Waals surface area contributed by atoms with Crippen LogP contribution < -0.4 is 0 Å². The molecule has 1 aliphatic rings. The van der Waals surface area contributed by atoms with Gasteiger partial charge in [-0.05, 0) is 73.7 Å². The number of fused-ring (bicyclic) bond motifs is 9. The number of rotatable bonds is 5. The monoisotopic (exact) mass is 795 g/mol. The van der Waals surface area contributed by atoms with Crippen LogP contribution in [0.15, 0.2) is 176 Å². The first-order valence-corrected chi connectivity index (χ1v) is 21.6. The summed E-state index contributed by atoms with van der Waals surface area (Å²) in [7, 11) is 0. The second kappa shape index (κ2) is 14.5. The van der Waals surface area contributed by atoms with Crippen LogP contribution in [-0.4, -0.2) is 30.3 Å². The lowest BCUT2D eigenvalue weighted by Gasteiger charge is -2.14. The van der Waals surface area contributed by atoms with E-state index in [0.717, 1.165) is 56.6 Å². The van der Waals surface area contributed by atoms with E-state index in [9.17, 15) is 0 Å². The fourth-order valence-electron chi connectivity index (χ4n) is 8.79. The smallest absolute Gasteiger partial charge is 0.165 e. The number of thiol groups is 1. The molecule has 0 amide bonds. The van der Waals surface area contributed by atoms with Gasteiger partial charge < -0.3 is 9.13 Å². The largest absolute Gasteiger partial charge is 0.309 e. The minimum absolute atomic E-state index is 0.670. The zero-order chi connectivity index (χ0) is 39.5. The van der Waals surface area contributed by atoms with Crippen LogP contribution in [0.3, 0.4) is 0 Å². The normalized spacial score (nSPS) is 12.8. The molecule has 59 heavy (non-hydrogen) atoms. The van der Waals surface area contributed by atoms with Crippen LogP contribution >= 0.6 is 24.0 Å². The highest BCUT2D eigenvalue weighted by atomic mass is 32.1. The third-order valence-electron chi connectivity index (χ3n) is 11.4. The van der Waals surface area contributed by atoms with Crippen LogP contribution in [0.5, 0.6) is 0 Å². The van der Waals surface area contributed by atoms with Gasteiger partial charge in [0.05, 0.1) is 22.1 Å². The van der Waals surface area contributed by atoms with Gasteiger partial charge in [0.2, 0.25) is 0 Å².